The zero-order chi connectivity index (χ0) is 29.1. The van der Waals surface area contributed by atoms with Crippen LogP contribution in [0.3, 0.4) is 0 Å². The fourth-order valence-corrected chi connectivity index (χ4v) is 4.67. The monoisotopic (exact) mass is 590 g/mol. The number of nitrogens with zero attached hydrogens (tertiary/aromatic N) is 1. The largest absolute Gasteiger partial charge is 0.435 e. The molecule has 0 unspecified atom stereocenters. The summed E-state index contributed by atoms with van der Waals surface area (Å²) >= 11 is 5.49. The molecule has 0 bridgehead atoms. The van der Waals surface area contributed by atoms with Crippen LogP contribution in [0.15, 0.2) is 35.5 Å². The van der Waals surface area contributed by atoms with Crippen molar-refractivity contribution in [2.45, 2.75) is 56.4 Å². The van der Waals surface area contributed by atoms with E-state index in [0.717, 1.165) is 0 Å². The second kappa shape index (κ2) is 9.56. The minimum Gasteiger partial charge on any atom is -0.374 e. The molecule has 4 nitrogen and oxygen atoms in total. The van der Waals surface area contributed by atoms with Crippen molar-refractivity contribution in [3.63, 3.8) is 0 Å². The van der Waals surface area contributed by atoms with Crippen LogP contribution in [-0.2, 0) is 16.6 Å². The third-order valence-electron chi connectivity index (χ3n) is 6.72. The summed E-state index contributed by atoms with van der Waals surface area (Å²) in [6.45, 7) is 1.41. The number of amides is 1. The van der Waals surface area contributed by atoms with Crippen LogP contribution in [0.1, 0.15) is 51.9 Å². The van der Waals surface area contributed by atoms with Gasteiger partial charge in [-0.1, -0.05) is 22.8 Å². The van der Waals surface area contributed by atoms with Crippen molar-refractivity contribution in [2.75, 3.05) is 0 Å². The maximum Gasteiger partial charge on any atom is 0.435 e. The molecule has 1 aliphatic heterocycles. The molecule has 15 heteroatoms. The van der Waals surface area contributed by atoms with Gasteiger partial charge in [0.1, 0.15) is 5.82 Å². The van der Waals surface area contributed by atoms with Crippen molar-refractivity contribution in [1.82, 2.24) is 5.32 Å². The third kappa shape index (κ3) is 5.39. The van der Waals surface area contributed by atoms with Crippen LogP contribution in [0.5, 0.6) is 0 Å². The lowest BCUT2D eigenvalue weighted by Gasteiger charge is -2.36. The summed E-state index contributed by atoms with van der Waals surface area (Å²) in [6, 6.07) is 3.07. The first-order valence-corrected chi connectivity index (χ1v) is 11.6. The van der Waals surface area contributed by atoms with Gasteiger partial charge in [-0.05, 0) is 55.2 Å². The second-order valence-corrected chi connectivity index (χ2v) is 9.77. The highest BCUT2D eigenvalue weighted by atomic mass is 35.5. The zero-order valence-corrected chi connectivity index (χ0v) is 20.3. The molecule has 0 saturated heterocycles. The highest BCUT2D eigenvalue weighted by molar-refractivity contribution is 6.30. The number of carbonyl (C=O) groups is 1. The Morgan fingerprint density at radius 1 is 1.05 bits per heavy atom. The minimum absolute atomic E-state index is 0.00515. The molecular weight excluding hydrogens is 574 g/mol. The molecule has 1 heterocycles. The molecule has 2 aromatic rings. The Bertz CT molecular complexity index is 1330. The summed E-state index contributed by atoms with van der Waals surface area (Å²) in [7, 11) is 0. The first kappa shape index (κ1) is 29.0. The molecule has 1 atom stereocenters. The predicted molar refractivity (Wildman–Crippen MR) is 118 cm³/mol. The van der Waals surface area contributed by atoms with E-state index in [-0.39, 0.29) is 41.7 Å². The minimum atomic E-state index is -5.43. The van der Waals surface area contributed by atoms with Gasteiger partial charge in [0.2, 0.25) is 0 Å². The lowest BCUT2D eigenvalue weighted by atomic mass is 9.79. The third-order valence-corrected chi connectivity index (χ3v) is 6.99. The van der Waals surface area contributed by atoms with Gasteiger partial charge >= 0.3 is 18.5 Å². The molecule has 0 aromatic heterocycles. The van der Waals surface area contributed by atoms with Gasteiger partial charge in [-0.3, -0.25) is 4.79 Å². The summed E-state index contributed by atoms with van der Waals surface area (Å²) in [6.07, 6.45) is -16.7. The van der Waals surface area contributed by atoms with E-state index < -0.39 is 76.1 Å². The average molecular weight is 591 g/mol. The van der Waals surface area contributed by atoms with Crippen molar-refractivity contribution >= 4 is 23.2 Å². The topological polar surface area (TPSA) is 50.7 Å². The molecule has 1 fully saturated rings. The predicted octanol–water partition coefficient (Wildman–Crippen LogP) is 7.46. The van der Waals surface area contributed by atoms with Gasteiger partial charge < -0.3 is 10.2 Å². The van der Waals surface area contributed by atoms with E-state index in [4.69, 9.17) is 11.6 Å². The maximum atomic E-state index is 14.7. The van der Waals surface area contributed by atoms with Crippen LogP contribution >= 0.6 is 11.6 Å². The molecule has 2 aromatic carbocycles. The molecule has 1 N–H and O–H groups in total. The quantitative estimate of drug-likeness (QED) is 0.376. The number of benzene rings is 2. The van der Waals surface area contributed by atoms with Gasteiger partial charge in [-0.15, -0.1) is 0 Å². The molecule has 212 valence electrons. The number of alkyl halides is 9. The Labute approximate surface area is 218 Å². The summed E-state index contributed by atoms with van der Waals surface area (Å²) < 4.78 is 135. The van der Waals surface area contributed by atoms with E-state index >= 15 is 0 Å². The smallest absolute Gasteiger partial charge is 0.374 e. The van der Waals surface area contributed by atoms with Crippen molar-refractivity contribution < 1.29 is 53.5 Å². The van der Waals surface area contributed by atoms with Gasteiger partial charge in [-0.25, -0.2) is 4.39 Å². The van der Waals surface area contributed by atoms with E-state index in [9.17, 15) is 48.7 Å². The Hall–Kier alpha value is -3.03. The second-order valence-electron chi connectivity index (χ2n) is 9.36. The first-order valence-electron chi connectivity index (χ1n) is 11.2. The number of rotatable bonds is 4. The van der Waals surface area contributed by atoms with Crippen LogP contribution in [0.4, 0.5) is 43.9 Å². The molecule has 1 saturated carbocycles. The van der Waals surface area contributed by atoms with Crippen molar-refractivity contribution in [2.24, 2.45) is 11.1 Å². The number of halogens is 11. The highest BCUT2D eigenvalue weighted by Crippen LogP contribution is 2.51. The molecule has 39 heavy (non-hydrogen) atoms. The lowest BCUT2D eigenvalue weighted by molar-refractivity contribution is -0.276. The summed E-state index contributed by atoms with van der Waals surface area (Å²) in [4.78, 5) is 17.1. The molecule has 0 radical (unpaired) electrons. The van der Waals surface area contributed by atoms with Crippen molar-refractivity contribution in [3.05, 3.63) is 69.0 Å². The van der Waals surface area contributed by atoms with Gasteiger partial charge in [0, 0.05) is 17.2 Å². The van der Waals surface area contributed by atoms with Gasteiger partial charge in [0.15, 0.2) is 0 Å². The Balaban J connectivity index is 1.58. The number of hydrogen-bond donors (Lipinski definition) is 1. The van der Waals surface area contributed by atoms with E-state index in [0.29, 0.717) is 0 Å². The van der Waals surface area contributed by atoms with Crippen LogP contribution < -0.4 is 5.32 Å². The fraction of sp³-hybridized carbons (Fsp3) is 0.417. The van der Waals surface area contributed by atoms with E-state index in [1.54, 1.807) is 0 Å². The SMILES string of the molecule is Cc1cc(C2=NO[C@](c3cc(C(F)(F)F)cc(Cl)c3F)(C(F)(F)F)C2)ccc1C(=O)N[C@H]1C[C@H](C(F)(F)F)C1. The zero-order valence-electron chi connectivity index (χ0n) is 19.6. The van der Waals surface area contributed by atoms with Crippen LogP contribution in [-0.4, -0.2) is 30.0 Å². The van der Waals surface area contributed by atoms with E-state index in [2.05, 4.69) is 15.3 Å². The summed E-state index contributed by atoms with van der Waals surface area (Å²) in [5.41, 5.74) is -6.90. The molecular formula is C24H17ClF10N2O2. The van der Waals surface area contributed by atoms with Crippen molar-refractivity contribution in [3.8, 4) is 0 Å². The van der Waals surface area contributed by atoms with Crippen LogP contribution in [0.25, 0.3) is 0 Å². The first-order chi connectivity index (χ1) is 17.8. The fourth-order valence-electron chi connectivity index (χ4n) is 4.45. The summed E-state index contributed by atoms with van der Waals surface area (Å²) in [5, 5.41) is 4.65. The maximum absolute atomic E-state index is 14.7. The normalized spacial score (nSPS) is 23.6. The van der Waals surface area contributed by atoms with Crippen LogP contribution in [0.2, 0.25) is 5.02 Å². The molecule has 0 spiro atoms. The molecule has 2 aliphatic rings. The standard InChI is InChI=1S/C24H17ClF10N2O2/c1-10-4-11(2-3-15(10)20(38)36-14-5-12(6-14)22(27,28)29)18-9-21(39-37-18,24(33,34)35)16-7-13(23(30,31)32)8-17(25)19(16)26/h2-4,7-8,12,14H,5-6,9H2,1H3,(H,36,38)/t12-,14-,21-/m1/s1. The number of carbonyl (C=O) groups excluding carboxylic acids is 1. The molecule has 1 amide bonds. The van der Waals surface area contributed by atoms with E-state index in [1.165, 1.54) is 25.1 Å². The van der Waals surface area contributed by atoms with Gasteiger partial charge in [-0.2, -0.15) is 39.5 Å². The van der Waals surface area contributed by atoms with E-state index in [1.807, 2.05) is 0 Å². The number of oxime groups is 1. The number of hydrogen-bond acceptors (Lipinski definition) is 3. The number of nitrogens with one attached hydrogen (secondary N) is 1. The van der Waals surface area contributed by atoms with Gasteiger partial charge in [0.05, 0.1) is 28.6 Å². The Kier molecular flexibility index (Phi) is 7.10. The lowest BCUT2D eigenvalue weighted by Crippen LogP contribution is -2.49. The summed E-state index contributed by atoms with van der Waals surface area (Å²) in [5.74, 6) is -3.97. The average Bonchev–Trinajstić information content (AvgIpc) is 3.22. The Morgan fingerprint density at radius 2 is 1.69 bits per heavy atom. The molecule has 1 aliphatic carbocycles. The Morgan fingerprint density at radius 3 is 2.23 bits per heavy atom. The van der Waals surface area contributed by atoms with Crippen LogP contribution in [0, 0.1) is 18.7 Å². The highest BCUT2D eigenvalue weighted by Gasteiger charge is 2.64. The van der Waals surface area contributed by atoms with Gasteiger partial charge in [0.25, 0.3) is 11.5 Å². The molecule has 4 rings (SSSR count). The van der Waals surface area contributed by atoms with Crippen molar-refractivity contribution in [1.29, 1.82) is 0 Å². The number of aryl methyl sites for hydroxylation is 1.